The highest BCUT2D eigenvalue weighted by molar-refractivity contribution is 6.09. The van der Waals surface area contributed by atoms with Crippen LogP contribution >= 0.6 is 0 Å². The summed E-state index contributed by atoms with van der Waals surface area (Å²) in [5.41, 5.74) is 5.90. The third kappa shape index (κ3) is 3.55. The number of aromatic nitrogens is 1. The molecule has 1 aromatic heterocycles. The average molecular weight is 443 g/mol. The van der Waals surface area contributed by atoms with Gasteiger partial charge in [-0.2, -0.15) is 0 Å². The van der Waals surface area contributed by atoms with Gasteiger partial charge < -0.3 is 19.1 Å². The summed E-state index contributed by atoms with van der Waals surface area (Å²) >= 11 is 0. The Bertz CT molecular complexity index is 1270. The number of nitrogens with zero attached hydrogens (tertiary/aromatic N) is 2. The summed E-state index contributed by atoms with van der Waals surface area (Å²) in [5.74, 6) is 1.66. The average Bonchev–Trinajstić information content (AvgIpc) is 3.49. The molecule has 1 fully saturated rings. The maximum atomic E-state index is 13.8. The van der Waals surface area contributed by atoms with E-state index in [4.69, 9.17) is 19.2 Å². The molecule has 1 aliphatic carbocycles. The van der Waals surface area contributed by atoms with Crippen molar-refractivity contribution in [3.05, 3.63) is 64.8 Å². The minimum atomic E-state index is 0.115. The third-order valence-electron chi connectivity index (χ3n) is 6.96. The molecule has 33 heavy (non-hydrogen) atoms. The molecule has 6 rings (SSSR count). The fraction of sp³-hybridized carbons (Fsp3) is 0.333. The van der Waals surface area contributed by atoms with E-state index in [0.29, 0.717) is 0 Å². The van der Waals surface area contributed by atoms with E-state index < -0.39 is 0 Å². The standard InChI is InChI=1S/C27H26N2O4/c1-31-19-10-12-29(13-11-19)27(30)25-20-4-2-3-5-22(20)28-26-18(7-8-21(25)26)14-17-6-9-23-24(15-17)33-16-32-23/h2-6,9,14-15,19H,7-8,10-13,16H2,1H3/b18-14+. The van der Waals surface area contributed by atoms with Gasteiger partial charge in [0.25, 0.3) is 5.91 Å². The number of likely N-dealkylation sites (tertiary alicyclic amines) is 1. The van der Waals surface area contributed by atoms with Crippen molar-refractivity contribution in [2.45, 2.75) is 31.8 Å². The fourth-order valence-electron chi connectivity index (χ4n) is 5.18. The van der Waals surface area contributed by atoms with Crippen molar-refractivity contribution in [2.24, 2.45) is 0 Å². The van der Waals surface area contributed by atoms with Crippen LogP contribution < -0.4 is 9.47 Å². The van der Waals surface area contributed by atoms with E-state index in [1.54, 1.807) is 7.11 Å². The second-order valence-corrected chi connectivity index (χ2v) is 8.84. The van der Waals surface area contributed by atoms with Crippen LogP contribution in [0.25, 0.3) is 22.6 Å². The van der Waals surface area contributed by atoms with Gasteiger partial charge in [-0.3, -0.25) is 4.79 Å². The van der Waals surface area contributed by atoms with Crippen LogP contribution in [0.15, 0.2) is 42.5 Å². The second-order valence-electron chi connectivity index (χ2n) is 8.84. The molecule has 6 heteroatoms. The highest BCUT2D eigenvalue weighted by Crippen LogP contribution is 2.39. The number of allylic oxidation sites excluding steroid dienone is 1. The minimum absolute atomic E-state index is 0.115. The first-order valence-electron chi connectivity index (χ1n) is 11.6. The number of para-hydroxylation sites is 1. The van der Waals surface area contributed by atoms with Crippen molar-refractivity contribution in [1.29, 1.82) is 0 Å². The van der Waals surface area contributed by atoms with Gasteiger partial charge in [0.2, 0.25) is 6.79 Å². The van der Waals surface area contributed by atoms with E-state index in [-0.39, 0.29) is 18.8 Å². The van der Waals surface area contributed by atoms with Crippen LogP contribution in [-0.2, 0) is 11.2 Å². The quantitative estimate of drug-likeness (QED) is 0.588. The van der Waals surface area contributed by atoms with E-state index in [1.165, 1.54) is 0 Å². The minimum Gasteiger partial charge on any atom is -0.454 e. The molecule has 0 spiro atoms. The molecule has 168 valence electrons. The van der Waals surface area contributed by atoms with E-state index in [2.05, 4.69) is 6.08 Å². The lowest BCUT2D eigenvalue weighted by Gasteiger charge is -2.32. The van der Waals surface area contributed by atoms with Gasteiger partial charge in [0.15, 0.2) is 11.5 Å². The van der Waals surface area contributed by atoms with Gasteiger partial charge in [0.1, 0.15) is 0 Å². The van der Waals surface area contributed by atoms with Gasteiger partial charge in [0.05, 0.1) is 22.9 Å². The number of hydrogen-bond acceptors (Lipinski definition) is 5. The Morgan fingerprint density at radius 2 is 1.91 bits per heavy atom. The molecule has 1 amide bonds. The van der Waals surface area contributed by atoms with E-state index >= 15 is 0 Å². The Morgan fingerprint density at radius 1 is 1.09 bits per heavy atom. The number of piperidine rings is 1. The number of methoxy groups -OCH3 is 1. The number of pyridine rings is 1. The van der Waals surface area contributed by atoms with Gasteiger partial charge in [-0.25, -0.2) is 4.98 Å². The molecule has 0 radical (unpaired) electrons. The summed E-state index contributed by atoms with van der Waals surface area (Å²) in [7, 11) is 1.75. The molecule has 3 heterocycles. The predicted octanol–water partition coefficient (Wildman–Crippen LogP) is 4.70. The number of carbonyl (C=O) groups is 1. The lowest BCUT2D eigenvalue weighted by atomic mass is 9.98. The third-order valence-corrected chi connectivity index (χ3v) is 6.96. The molecule has 0 bridgehead atoms. The Hall–Kier alpha value is -3.38. The zero-order chi connectivity index (χ0) is 22.4. The van der Waals surface area contributed by atoms with E-state index in [9.17, 15) is 4.79 Å². The normalized spacial score (nSPS) is 18.8. The number of hydrogen-bond donors (Lipinski definition) is 0. The number of amides is 1. The molecule has 2 aliphatic heterocycles. The number of rotatable bonds is 3. The molecular formula is C27H26N2O4. The van der Waals surface area contributed by atoms with Crippen molar-refractivity contribution in [3.63, 3.8) is 0 Å². The summed E-state index contributed by atoms with van der Waals surface area (Å²) in [6.45, 7) is 1.71. The molecule has 0 atom stereocenters. The van der Waals surface area contributed by atoms with Crippen LogP contribution in [0.1, 0.15) is 46.4 Å². The fourth-order valence-corrected chi connectivity index (χ4v) is 5.18. The molecule has 6 nitrogen and oxygen atoms in total. The second kappa shape index (κ2) is 8.19. The maximum Gasteiger partial charge on any atom is 0.254 e. The highest BCUT2D eigenvalue weighted by atomic mass is 16.7. The van der Waals surface area contributed by atoms with Gasteiger partial charge in [-0.05, 0) is 66.7 Å². The number of carbonyl (C=O) groups excluding carboxylic acids is 1. The van der Waals surface area contributed by atoms with Crippen molar-refractivity contribution >= 4 is 28.5 Å². The Morgan fingerprint density at radius 3 is 2.76 bits per heavy atom. The molecule has 3 aliphatic rings. The van der Waals surface area contributed by atoms with Crippen molar-refractivity contribution in [3.8, 4) is 11.5 Å². The van der Waals surface area contributed by atoms with E-state index in [0.717, 1.165) is 89.1 Å². The first kappa shape index (κ1) is 20.2. The summed E-state index contributed by atoms with van der Waals surface area (Å²) in [4.78, 5) is 20.8. The van der Waals surface area contributed by atoms with Gasteiger partial charge in [-0.1, -0.05) is 24.3 Å². The molecule has 0 saturated carbocycles. The van der Waals surface area contributed by atoms with Crippen LogP contribution in [0, 0.1) is 0 Å². The van der Waals surface area contributed by atoms with Crippen LogP contribution in [0.2, 0.25) is 0 Å². The van der Waals surface area contributed by atoms with Crippen molar-refractivity contribution in [2.75, 3.05) is 27.0 Å². The Labute approximate surface area is 192 Å². The predicted molar refractivity (Wildman–Crippen MR) is 126 cm³/mol. The maximum absolute atomic E-state index is 13.8. The first-order valence-corrected chi connectivity index (χ1v) is 11.6. The lowest BCUT2D eigenvalue weighted by molar-refractivity contribution is 0.0351. The summed E-state index contributed by atoms with van der Waals surface area (Å²) in [5, 5.41) is 0.944. The molecule has 3 aromatic rings. The monoisotopic (exact) mass is 442 g/mol. The smallest absolute Gasteiger partial charge is 0.254 e. The van der Waals surface area contributed by atoms with Crippen LogP contribution in [-0.4, -0.2) is 48.9 Å². The van der Waals surface area contributed by atoms with Crippen molar-refractivity contribution < 1.29 is 19.0 Å². The number of fused-ring (bicyclic) bond motifs is 3. The number of benzene rings is 2. The first-order chi connectivity index (χ1) is 16.2. The molecule has 0 N–H and O–H groups in total. The van der Waals surface area contributed by atoms with Crippen LogP contribution in [0.3, 0.4) is 0 Å². The van der Waals surface area contributed by atoms with Crippen LogP contribution in [0.4, 0.5) is 0 Å². The Kier molecular flexibility index (Phi) is 5.03. The topological polar surface area (TPSA) is 60.9 Å². The zero-order valence-electron chi connectivity index (χ0n) is 18.7. The van der Waals surface area contributed by atoms with Gasteiger partial charge >= 0.3 is 0 Å². The molecule has 0 unspecified atom stereocenters. The largest absolute Gasteiger partial charge is 0.454 e. The lowest BCUT2D eigenvalue weighted by Crippen LogP contribution is -2.41. The highest BCUT2D eigenvalue weighted by Gasteiger charge is 2.31. The summed E-state index contributed by atoms with van der Waals surface area (Å²) < 4.78 is 16.5. The number of ether oxygens (including phenoxy) is 3. The Balaban J connectivity index is 1.41. The van der Waals surface area contributed by atoms with Gasteiger partial charge in [0, 0.05) is 25.6 Å². The van der Waals surface area contributed by atoms with Gasteiger partial charge in [-0.15, -0.1) is 0 Å². The zero-order valence-corrected chi connectivity index (χ0v) is 18.7. The molecular weight excluding hydrogens is 416 g/mol. The summed E-state index contributed by atoms with van der Waals surface area (Å²) in [6, 6.07) is 14.0. The van der Waals surface area contributed by atoms with Crippen molar-refractivity contribution in [1.82, 2.24) is 9.88 Å². The molecule has 1 saturated heterocycles. The molecule has 2 aromatic carbocycles. The SMILES string of the molecule is COC1CCN(C(=O)c2c3c(nc4ccccc24)/C(=C/c2ccc4c(c2)OCO4)CC3)CC1. The van der Waals surface area contributed by atoms with E-state index in [1.807, 2.05) is 47.4 Å². The van der Waals surface area contributed by atoms with Crippen LogP contribution in [0.5, 0.6) is 11.5 Å². The summed E-state index contributed by atoms with van der Waals surface area (Å²) in [6.07, 6.45) is 5.84.